The molecule has 2 amide bonds. The highest BCUT2D eigenvalue weighted by atomic mass is 35.5. The van der Waals surface area contributed by atoms with Gasteiger partial charge in [0.2, 0.25) is 14.9 Å². The van der Waals surface area contributed by atoms with Gasteiger partial charge in [-0.25, -0.2) is 8.42 Å². The molecule has 0 bridgehead atoms. The minimum absolute atomic E-state index is 0.174. The van der Waals surface area contributed by atoms with Gasteiger partial charge >= 0.3 is 0 Å². The number of rotatable bonds is 4. The molecule has 0 radical (unpaired) electrons. The highest BCUT2D eigenvalue weighted by molar-refractivity contribution is 7.90. The van der Waals surface area contributed by atoms with Gasteiger partial charge in [0.05, 0.1) is 11.3 Å². The van der Waals surface area contributed by atoms with Crippen molar-refractivity contribution < 1.29 is 22.4 Å². The molecular weight excluding hydrogens is 392 g/mol. The summed E-state index contributed by atoms with van der Waals surface area (Å²) in [7, 11) is -3.56. The molecular formula is C18H19ClN2O5S. The number of nitrogens with zero attached hydrogens (tertiary/aromatic N) is 1. The summed E-state index contributed by atoms with van der Waals surface area (Å²) in [6.07, 6.45) is 3.97. The van der Waals surface area contributed by atoms with Crippen LogP contribution in [0.5, 0.6) is 0 Å². The maximum atomic E-state index is 12.8. The van der Waals surface area contributed by atoms with Crippen molar-refractivity contribution in [2.45, 2.75) is 24.4 Å². The van der Waals surface area contributed by atoms with Gasteiger partial charge in [0.15, 0.2) is 5.76 Å². The number of hydrogen-bond donors (Lipinski definition) is 1. The minimum Gasteiger partial charge on any atom is -0.440 e. The van der Waals surface area contributed by atoms with Gasteiger partial charge in [-0.2, -0.15) is 0 Å². The number of piperidine rings is 1. The Balaban J connectivity index is 1.85. The SMILES string of the molecule is CS(=O)(=O)c1ccc(C(=O)Nc2cc(Cl)ccc2C(=O)N2CCCCC2)o1. The Hall–Kier alpha value is -2.32. The fraction of sp³-hybridized carbons (Fsp3) is 0.333. The normalized spacial score (nSPS) is 14.8. The van der Waals surface area contributed by atoms with E-state index in [1.54, 1.807) is 17.0 Å². The lowest BCUT2D eigenvalue weighted by Crippen LogP contribution is -2.36. The first-order chi connectivity index (χ1) is 12.8. The lowest BCUT2D eigenvalue weighted by Gasteiger charge is -2.27. The molecule has 1 saturated heterocycles. The van der Waals surface area contributed by atoms with Crippen LogP contribution in [0.2, 0.25) is 5.02 Å². The third-order valence-electron chi connectivity index (χ3n) is 4.27. The summed E-state index contributed by atoms with van der Waals surface area (Å²) in [6, 6.07) is 7.11. The lowest BCUT2D eigenvalue weighted by atomic mass is 10.1. The first kappa shape index (κ1) is 19.4. The van der Waals surface area contributed by atoms with E-state index in [0.29, 0.717) is 23.7 Å². The summed E-state index contributed by atoms with van der Waals surface area (Å²) in [4.78, 5) is 27.0. The van der Waals surface area contributed by atoms with Gasteiger partial charge in [-0.05, 0) is 49.6 Å². The molecule has 3 rings (SSSR count). The fourth-order valence-corrected chi connectivity index (χ4v) is 3.63. The van der Waals surface area contributed by atoms with Crippen molar-refractivity contribution in [3.63, 3.8) is 0 Å². The molecule has 27 heavy (non-hydrogen) atoms. The number of carbonyl (C=O) groups is 2. The van der Waals surface area contributed by atoms with E-state index in [2.05, 4.69) is 5.32 Å². The van der Waals surface area contributed by atoms with Crippen molar-refractivity contribution >= 4 is 38.9 Å². The van der Waals surface area contributed by atoms with Gasteiger partial charge in [0.25, 0.3) is 11.8 Å². The summed E-state index contributed by atoms with van der Waals surface area (Å²) in [6.45, 7) is 1.34. The smallest absolute Gasteiger partial charge is 0.291 e. The zero-order valence-corrected chi connectivity index (χ0v) is 16.3. The molecule has 1 N–H and O–H groups in total. The second kappa shape index (κ2) is 7.74. The average Bonchev–Trinajstić information content (AvgIpc) is 3.13. The van der Waals surface area contributed by atoms with Crippen LogP contribution in [0.25, 0.3) is 0 Å². The Morgan fingerprint density at radius 1 is 1.11 bits per heavy atom. The first-order valence-corrected chi connectivity index (χ1v) is 10.7. The zero-order chi connectivity index (χ0) is 19.6. The molecule has 0 atom stereocenters. The average molecular weight is 411 g/mol. The predicted molar refractivity (Wildman–Crippen MR) is 101 cm³/mol. The summed E-state index contributed by atoms with van der Waals surface area (Å²) < 4.78 is 28.1. The molecule has 0 aliphatic carbocycles. The number of likely N-dealkylation sites (tertiary alicyclic amines) is 1. The highest BCUT2D eigenvalue weighted by Gasteiger charge is 2.23. The van der Waals surface area contributed by atoms with E-state index in [0.717, 1.165) is 25.5 Å². The Bertz CT molecular complexity index is 977. The van der Waals surface area contributed by atoms with E-state index >= 15 is 0 Å². The van der Waals surface area contributed by atoms with Crippen molar-refractivity contribution in [1.29, 1.82) is 0 Å². The molecule has 0 spiro atoms. The van der Waals surface area contributed by atoms with Crippen LogP contribution in [0.15, 0.2) is 39.8 Å². The fourth-order valence-electron chi connectivity index (χ4n) is 2.90. The summed E-state index contributed by atoms with van der Waals surface area (Å²) in [5.41, 5.74) is 0.574. The van der Waals surface area contributed by atoms with Crippen molar-refractivity contribution in [2.75, 3.05) is 24.7 Å². The molecule has 2 aromatic rings. The van der Waals surface area contributed by atoms with Crippen LogP contribution < -0.4 is 5.32 Å². The number of halogens is 1. The number of furan rings is 1. The Labute approximate surface area is 162 Å². The predicted octanol–water partition coefficient (Wildman–Crippen LogP) is 3.21. The maximum Gasteiger partial charge on any atom is 0.291 e. The van der Waals surface area contributed by atoms with Crippen molar-refractivity contribution in [3.8, 4) is 0 Å². The van der Waals surface area contributed by atoms with E-state index < -0.39 is 15.7 Å². The first-order valence-electron chi connectivity index (χ1n) is 8.46. The Morgan fingerprint density at radius 2 is 1.81 bits per heavy atom. The molecule has 1 aromatic heterocycles. The minimum atomic E-state index is -3.56. The van der Waals surface area contributed by atoms with Crippen LogP contribution in [-0.4, -0.2) is 44.5 Å². The van der Waals surface area contributed by atoms with Crippen LogP contribution in [0.1, 0.15) is 40.2 Å². The molecule has 9 heteroatoms. The monoisotopic (exact) mass is 410 g/mol. The topological polar surface area (TPSA) is 96.7 Å². The molecule has 0 unspecified atom stereocenters. The molecule has 144 valence electrons. The third-order valence-corrected chi connectivity index (χ3v) is 5.46. The van der Waals surface area contributed by atoms with Crippen LogP contribution >= 0.6 is 11.6 Å². The number of anilines is 1. The Kier molecular flexibility index (Phi) is 5.57. The van der Waals surface area contributed by atoms with E-state index in [-0.39, 0.29) is 22.4 Å². The number of benzene rings is 1. The van der Waals surface area contributed by atoms with Crippen LogP contribution in [0.3, 0.4) is 0 Å². The number of carbonyl (C=O) groups excluding carboxylic acids is 2. The van der Waals surface area contributed by atoms with E-state index in [1.165, 1.54) is 18.2 Å². The van der Waals surface area contributed by atoms with Crippen molar-refractivity contribution in [2.24, 2.45) is 0 Å². The van der Waals surface area contributed by atoms with Crippen LogP contribution in [0, 0.1) is 0 Å². The largest absolute Gasteiger partial charge is 0.440 e. The quantitative estimate of drug-likeness (QED) is 0.834. The lowest BCUT2D eigenvalue weighted by molar-refractivity contribution is 0.0725. The van der Waals surface area contributed by atoms with Crippen LogP contribution in [-0.2, 0) is 9.84 Å². The van der Waals surface area contributed by atoms with Gasteiger partial charge in [0, 0.05) is 24.4 Å². The number of sulfone groups is 1. The number of nitrogens with one attached hydrogen (secondary N) is 1. The highest BCUT2D eigenvalue weighted by Crippen LogP contribution is 2.25. The van der Waals surface area contributed by atoms with Gasteiger partial charge in [-0.3, -0.25) is 9.59 Å². The molecule has 1 aliphatic rings. The zero-order valence-electron chi connectivity index (χ0n) is 14.7. The van der Waals surface area contributed by atoms with Gasteiger partial charge < -0.3 is 14.6 Å². The molecule has 1 aliphatic heterocycles. The van der Waals surface area contributed by atoms with E-state index in [4.69, 9.17) is 16.0 Å². The van der Waals surface area contributed by atoms with Gasteiger partial charge in [0.1, 0.15) is 0 Å². The summed E-state index contributed by atoms with van der Waals surface area (Å²) >= 11 is 6.02. The number of amides is 2. The molecule has 1 aromatic carbocycles. The van der Waals surface area contributed by atoms with Crippen LogP contribution in [0.4, 0.5) is 5.69 Å². The van der Waals surface area contributed by atoms with Crippen molar-refractivity contribution in [3.05, 3.63) is 46.7 Å². The Morgan fingerprint density at radius 3 is 2.44 bits per heavy atom. The molecule has 7 nitrogen and oxygen atoms in total. The molecule has 2 heterocycles. The standard InChI is InChI=1S/C18H19ClN2O5S/c1-27(24,25)16-8-7-15(26-16)17(22)20-14-11-12(19)5-6-13(14)18(23)21-9-3-2-4-10-21/h5-8,11H,2-4,9-10H2,1H3,(H,20,22). The third kappa shape index (κ3) is 4.51. The number of hydrogen-bond acceptors (Lipinski definition) is 5. The van der Waals surface area contributed by atoms with Gasteiger partial charge in [-0.1, -0.05) is 11.6 Å². The second-order valence-corrected chi connectivity index (χ2v) is 8.77. The van der Waals surface area contributed by atoms with E-state index in [9.17, 15) is 18.0 Å². The molecule has 0 saturated carbocycles. The van der Waals surface area contributed by atoms with Crippen molar-refractivity contribution in [1.82, 2.24) is 4.90 Å². The van der Waals surface area contributed by atoms with Gasteiger partial charge in [-0.15, -0.1) is 0 Å². The summed E-state index contributed by atoms with van der Waals surface area (Å²) in [5.74, 6) is -1.02. The maximum absolute atomic E-state index is 12.8. The van der Waals surface area contributed by atoms with E-state index in [1.807, 2.05) is 0 Å². The second-order valence-electron chi connectivity index (χ2n) is 6.39. The molecule has 1 fully saturated rings. The summed E-state index contributed by atoms with van der Waals surface area (Å²) in [5, 5.41) is 2.65.